The number of rotatable bonds is 9. The molecule has 3 rings (SSSR count). The Morgan fingerprint density at radius 3 is 2.71 bits per heavy atom. The fourth-order valence-electron chi connectivity index (χ4n) is 3.91. The van der Waals surface area contributed by atoms with Gasteiger partial charge in [-0.05, 0) is 37.1 Å². The molecule has 0 saturated carbocycles. The zero-order valence-electron chi connectivity index (χ0n) is 17.0. The summed E-state index contributed by atoms with van der Waals surface area (Å²) < 4.78 is 11.1. The van der Waals surface area contributed by atoms with E-state index in [1.807, 2.05) is 31.2 Å². The van der Waals surface area contributed by atoms with Gasteiger partial charge in [0.1, 0.15) is 11.5 Å². The highest BCUT2D eigenvalue weighted by atomic mass is 16.5. The maximum Gasteiger partial charge on any atom is 0.123 e. The number of para-hydroxylation sites is 1. The van der Waals surface area contributed by atoms with E-state index in [0.717, 1.165) is 50.6 Å². The van der Waals surface area contributed by atoms with Crippen LogP contribution in [0.1, 0.15) is 24.5 Å². The Labute approximate surface area is 168 Å². The second-order valence-electron chi connectivity index (χ2n) is 7.26. The van der Waals surface area contributed by atoms with E-state index < -0.39 is 0 Å². The Balaban J connectivity index is 1.65. The first kappa shape index (κ1) is 20.6. The van der Waals surface area contributed by atoms with E-state index in [2.05, 4.69) is 34.1 Å². The summed E-state index contributed by atoms with van der Waals surface area (Å²) in [6.07, 6.45) is 0.785. The van der Waals surface area contributed by atoms with Gasteiger partial charge in [0.25, 0.3) is 0 Å². The molecule has 1 saturated heterocycles. The van der Waals surface area contributed by atoms with Crippen LogP contribution in [0, 0.1) is 0 Å². The summed E-state index contributed by atoms with van der Waals surface area (Å²) in [4.78, 5) is 4.95. The van der Waals surface area contributed by atoms with E-state index in [9.17, 15) is 5.11 Å². The van der Waals surface area contributed by atoms with Gasteiger partial charge in [-0.2, -0.15) is 0 Å². The van der Waals surface area contributed by atoms with E-state index in [1.165, 1.54) is 11.1 Å². The number of methoxy groups -OCH3 is 1. The van der Waals surface area contributed by atoms with Crippen molar-refractivity contribution < 1.29 is 14.6 Å². The topological polar surface area (TPSA) is 45.2 Å². The Kier molecular flexibility index (Phi) is 7.71. The van der Waals surface area contributed by atoms with Crippen LogP contribution in [0.3, 0.4) is 0 Å². The standard InChI is InChI=1S/C23H32N2O3/c1-3-28-23-10-5-4-8-20(23)17-24-12-13-25(21(18-24)11-14-26)16-19-7-6-9-22(15-19)27-2/h4-10,15,21,26H,3,11-14,16-18H2,1-2H3. The Hall–Kier alpha value is -2.08. The molecule has 1 unspecified atom stereocenters. The van der Waals surface area contributed by atoms with Crippen molar-refractivity contribution in [3.05, 3.63) is 59.7 Å². The van der Waals surface area contributed by atoms with Crippen LogP contribution in [0.2, 0.25) is 0 Å². The lowest BCUT2D eigenvalue weighted by Gasteiger charge is -2.41. The van der Waals surface area contributed by atoms with Gasteiger partial charge < -0.3 is 14.6 Å². The molecule has 1 fully saturated rings. The number of nitrogens with zero attached hydrogens (tertiary/aromatic N) is 2. The molecular weight excluding hydrogens is 352 g/mol. The molecule has 0 radical (unpaired) electrons. The minimum atomic E-state index is 0.211. The highest BCUT2D eigenvalue weighted by Gasteiger charge is 2.27. The maximum atomic E-state index is 9.59. The minimum Gasteiger partial charge on any atom is -0.497 e. The predicted molar refractivity (Wildman–Crippen MR) is 112 cm³/mol. The molecule has 2 aromatic rings. The zero-order chi connectivity index (χ0) is 19.8. The van der Waals surface area contributed by atoms with Crippen molar-refractivity contribution in [2.24, 2.45) is 0 Å². The molecule has 0 aromatic heterocycles. The molecule has 5 nitrogen and oxygen atoms in total. The van der Waals surface area contributed by atoms with Gasteiger partial charge in [0.05, 0.1) is 13.7 Å². The van der Waals surface area contributed by atoms with Crippen molar-refractivity contribution in [1.82, 2.24) is 9.80 Å². The minimum absolute atomic E-state index is 0.211. The normalized spacial score (nSPS) is 18.2. The number of benzene rings is 2. The molecule has 1 N–H and O–H groups in total. The lowest BCUT2D eigenvalue weighted by Crippen LogP contribution is -2.52. The predicted octanol–water partition coefficient (Wildman–Crippen LogP) is 3.16. The number of piperazine rings is 1. The van der Waals surface area contributed by atoms with Crippen LogP contribution < -0.4 is 9.47 Å². The summed E-state index contributed by atoms with van der Waals surface area (Å²) in [5.74, 6) is 1.87. The molecule has 0 spiro atoms. The van der Waals surface area contributed by atoms with Crippen LogP contribution >= 0.6 is 0 Å². The van der Waals surface area contributed by atoms with Crippen LogP contribution in [0.25, 0.3) is 0 Å². The molecule has 1 aliphatic rings. The van der Waals surface area contributed by atoms with Crippen molar-refractivity contribution >= 4 is 0 Å². The van der Waals surface area contributed by atoms with Gasteiger partial charge in [-0.3, -0.25) is 9.80 Å². The summed E-state index contributed by atoms with van der Waals surface area (Å²) in [5, 5.41) is 9.59. The quantitative estimate of drug-likeness (QED) is 0.720. The van der Waals surface area contributed by atoms with Crippen molar-refractivity contribution in [3.63, 3.8) is 0 Å². The molecule has 1 atom stereocenters. The molecule has 5 heteroatoms. The van der Waals surface area contributed by atoms with E-state index >= 15 is 0 Å². The van der Waals surface area contributed by atoms with Crippen LogP contribution in [-0.2, 0) is 13.1 Å². The third-order valence-corrected chi connectivity index (χ3v) is 5.34. The summed E-state index contributed by atoms with van der Waals surface area (Å²) >= 11 is 0. The first-order valence-electron chi connectivity index (χ1n) is 10.1. The second-order valence-corrected chi connectivity index (χ2v) is 7.26. The van der Waals surface area contributed by atoms with Gasteiger partial charge in [0.2, 0.25) is 0 Å². The largest absolute Gasteiger partial charge is 0.497 e. The van der Waals surface area contributed by atoms with E-state index in [1.54, 1.807) is 7.11 Å². The summed E-state index contributed by atoms with van der Waals surface area (Å²) in [6.45, 7) is 7.61. The number of hydrogen-bond acceptors (Lipinski definition) is 5. The average molecular weight is 385 g/mol. The Morgan fingerprint density at radius 1 is 1.07 bits per heavy atom. The first-order chi connectivity index (χ1) is 13.7. The third-order valence-electron chi connectivity index (χ3n) is 5.34. The fourth-order valence-corrected chi connectivity index (χ4v) is 3.91. The van der Waals surface area contributed by atoms with Crippen LogP contribution in [0.15, 0.2) is 48.5 Å². The Morgan fingerprint density at radius 2 is 1.93 bits per heavy atom. The smallest absolute Gasteiger partial charge is 0.123 e. The molecule has 1 heterocycles. The second kappa shape index (κ2) is 10.5. The summed E-state index contributed by atoms with van der Waals surface area (Å²) in [5.41, 5.74) is 2.48. The lowest BCUT2D eigenvalue weighted by atomic mass is 10.1. The zero-order valence-corrected chi connectivity index (χ0v) is 17.0. The third kappa shape index (κ3) is 5.47. The lowest BCUT2D eigenvalue weighted by molar-refractivity contribution is 0.0495. The van der Waals surface area contributed by atoms with Crippen LogP contribution in [0.5, 0.6) is 11.5 Å². The van der Waals surface area contributed by atoms with E-state index in [-0.39, 0.29) is 6.61 Å². The highest BCUT2D eigenvalue weighted by molar-refractivity contribution is 5.33. The molecule has 28 heavy (non-hydrogen) atoms. The monoisotopic (exact) mass is 384 g/mol. The molecule has 2 aromatic carbocycles. The first-order valence-corrected chi connectivity index (χ1v) is 10.1. The van der Waals surface area contributed by atoms with Crippen molar-refractivity contribution in [1.29, 1.82) is 0 Å². The van der Waals surface area contributed by atoms with Gasteiger partial charge >= 0.3 is 0 Å². The Bertz CT molecular complexity index is 737. The van der Waals surface area contributed by atoms with E-state index in [4.69, 9.17) is 9.47 Å². The number of aliphatic hydroxyl groups is 1. The molecule has 0 amide bonds. The van der Waals surface area contributed by atoms with Crippen molar-refractivity contribution in [2.75, 3.05) is 40.0 Å². The van der Waals surface area contributed by atoms with Gasteiger partial charge in [-0.25, -0.2) is 0 Å². The summed E-state index contributed by atoms with van der Waals surface area (Å²) in [6, 6.07) is 16.9. The highest BCUT2D eigenvalue weighted by Crippen LogP contribution is 2.24. The SMILES string of the molecule is CCOc1ccccc1CN1CCN(Cc2cccc(OC)c2)C(CCO)C1. The van der Waals surface area contributed by atoms with Gasteiger partial charge in [0, 0.05) is 50.9 Å². The molecular formula is C23H32N2O3. The van der Waals surface area contributed by atoms with Crippen molar-refractivity contribution in [2.45, 2.75) is 32.5 Å². The van der Waals surface area contributed by atoms with Gasteiger partial charge in [-0.15, -0.1) is 0 Å². The number of ether oxygens (including phenoxy) is 2. The van der Waals surface area contributed by atoms with E-state index in [0.29, 0.717) is 12.6 Å². The molecule has 0 bridgehead atoms. The maximum absolute atomic E-state index is 9.59. The van der Waals surface area contributed by atoms with Gasteiger partial charge in [0.15, 0.2) is 0 Å². The van der Waals surface area contributed by atoms with Crippen molar-refractivity contribution in [3.8, 4) is 11.5 Å². The average Bonchev–Trinajstić information content (AvgIpc) is 2.72. The number of hydrogen-bond donors (Lipinski definition) is 1. The van der Waals surface area contributed by atoms with Crippen LogP contribution in [-0.4, -0.2) is 60.9 Å². The summed E-state index contributed by atoms with van der Waals surface area (Å²) in [7, 11) is 1.70. The molecule has 152 valence electrons. The molecule has 1 aliphatic heterocycles. The number of aliphatic hydroxyl groups excluding tert-OH is 1. The van der Waals surface area contributed by atoms with Crippen LogP contribution in [0.4, 0.5) is 0 Å². The van der Waals surface area contributed by atoms with Gasteiger partial charge in [-0.1, -0.05) is 30.3 Å². The molecule has 0 aliphatic carbocycles. The fraction of sp³-hybridized carbons (Fsp3) is 0.478.